The molecule has 0 radical (unpaired) electrons. The second-order valence-corrected chi connectivity index (χ2v) is 4.40. The molecule has 0 rings (SSSR count). The monoisotopic (exact) mass is 208 g/mol. The predicted octanol–water partition coefficient (Wildman–Crippen LogP) is 3.80. The second kappa shape index (κ2) is 7.44. The van der Waals surface area contributed by atoms with E-state index in [0.717, 1.165) is 12.8 Å². The van der Waals surface area contributed by atoms with Gasteiger partial charge < -0.3 is 0 Å². The number of hydrogen-bond donors (Lipinski definition) is 0. The van der Waals surface area contributed by atoms with Crippen LogP contribution in [0.25, 0.3) is 0 Å². The van der Waals surface area contributed by atoms with Gasteiger partial charge in [0.1, 0.15) is 19.8 Å². The highest BCUT2D eigenvalue weighted by atomic mass is 15.0. The van der Waals surface area contributed by atoms with Crippen LogP contribution in [0.15, 0.2) is 23.8 Å². The minimum Gasteiger partial charge on any atom is -0.243 e. The van der Waals surface area contributed by atoms with Crippen molar-refractivity contribution in [2.45, 2.75) is 52.5 Å². The maximum absolute atomic E-state index is 3.91. The van der Waals surface area contributed by atoms with Gasteiger partial charge in [0.15, 0.2) is 0 Å². The van der Waals surface area contributed by atoms with Crippen molar-refractivity contribution in [1.29, 1.82) is 0 Å². The van der Waals surface area contributed by atoms with Crippen LogP contribution in [0, 0.1) is 0 Å². The quantitative estimate of drug-likeness (QED) is 0.340. The zero-order valence-corrected chi connectivity index (χ0v) is 10.8. The lowest BCUT2D eigenvalue weighted by atomic mass is 9.99. The Labute approximate surface area is 95.2 Å². The Morgan fingerprint density at radius 1 is 1.40 bits per heavy atom. The summed E-state index contributed by atoms with van der Waals surface area (Å²) in [6.07, 6.45) is 6.69. The van der Waals surface area contributed by atoms with Gasteiger partial charge >= 0.3 is 0 Å². The van der Waals surface area contributed by atoms with Gasteiger partial charge in [0, 0.05) is 6.42 Å². The molecule has 0 saturated heterocycles. The molecule has 0 amide bonds. The minimum atomic E-state index is 0.549. The van der Waals surface area contributed by atoms with E-state index >= 15 is 0 Å². The van der Waals surface area contributed by atoms with Gasteiger partial charge in [0.05, 0.1) is 0 Å². The molecule has 0 aromatic rings. The van der Waals surface area contributed by atoms with Crippen LogP contribution in [-0.4, -0.2) is 24.4 Å². The van der Waals surface area contributed by atoms with Gasteiger partial charge in [-0.25, -0.2) is 4.58 Å². The second-order valence-electron chi connectivity index (χ2n) is 4.40. The fourth-order valence-corrected chi connectivity index (χ4v) is 1.57. The van der Waals surface area contributed by atoms with E-state index in [2.05, 4.69) is 34.1 Å². The third-order valence-corrected chi connectivity index (χ3v) is 3.00. The SMILES string of the molecule is C=CC(CCC)=C(C)CCC(C)[N+](=C)C. The van der Waals surface area contributed by atoms with E-state index in [1.165, 1.54) is 24.0 Å². The molecule has 0 aliphatic heterocycles. The van der Waals surface area contributed by atoms with Gasteiger partial charge in [-0.05, 0) is 32.3 Å². The van der Waals surface area contributed by atoms with E-state index in [4.69, 9.17) is 0 Å². The van der Waals surface area contributed by atoms with Crippen molar-refractivity contribution in [3.63, 3.8) is 0 Å². The lowest BCUT2D eigenvalue weighted by Crippen LogP contribution is -2.17. The normalized spacial score (nSPS) is 14.4. The smallest absolute Gasteiger partial charge is 0.149 e. The van der Waals surface area contributed by atoms with Crippen molar-refractivity contribution in [2.24, 2.45) is 0 Å². The standard InChI is InChI=1S/C14H26N/c1-7-9-14(8-2)12(3)10-11-13(4)15(5)6/h8,13H,2,5,7,9-11H2,1,3-4,6H3/q+1. The maximum atomic E-state index is 3.91. The molecule has 1 heteroatoms. The number of hydrogen-bond acceptors (Lipinski definition) is 0. The fraction of sp³-hybridized carbons (Fsp3) is 0.643. The molecule has 86 valence electrons. The van der Waals surface area contributed by atoms with Crippen LogP contribution in [0.5, 0.6) is 0 Å². The number of allylic oxidation sites excluding steroid dienone is 3. The Hall–Kier alpha value is -0.850. The lowest BCUT2D eigenvalue weighted by molar-refractivity contribution is -0.526. The van der Waals surface area contributed by atoms with Gasteiger partial charge in [-0.3, -0.25) is 0 Å². The topological polar surface area (TPSA) is 3.01 Å². The highest BCUT2D eigenvalue weighted by Crippen LogP contribution is 2.17. The molecule has 1 nitrogen and oxygen atoms in total. The van der Waals surface area contributed by atoms with Gasteiger partial charge in [-0.15, -0.1) is 0 Å². The molecule has 0 spiro atoms. The van der Waals surface area contributed by atoms with E-state index in [1.54, 1.807) is 0 Å². The van der Waals surface area contributed by atoms with Gasteiger partial charge in [0.2, 0.25) is 0 Å². The summed E-state index contributed by atoms with van der Waals surface area (Å²) >= 11 is 0. The highest BCUT2D eigenvalue weighted by Gasteiger charge is 2.08. The molecule has 0 heterocycles. The van der Waals surface area contributed by atoms with Gasteiger partial charge in [-0.2, -0.15) is 0 Å². The van der Waals surface area contributed by atoms with Crippen LogP contribution in [0.2, 0.25) is 0 Å². The van der Waals surface area contributed by atoms with Crippen molar-refractivity contribution in [3.05, 3.63) is 23.8 Å². The molecule has 0 N–H and O–H groups in total. The third-order valence-electron chi connectivity index (χ3n) is 3.00. The Kier molecular flexibility index (Phi) is 7.02. The molecule has 15 heavy (non-hydrogen) atoms. The first-order chi connectivity index (χ1) is 7.02. The van der Waals surface area contributed by atoms with Crippen LogP contribution >= 0.6 is 0 Å². The number of nitrogens with zero attached hydrogens (tertiary/aromatic N) is 1. The molecule has 1 atom stereocenters. The summed E-state index contributed by atoms with van der Waals surface area (Å²) in [6, 6.07) is 0.549. The minimum absolute atomic E-state index is 0.549. The Bertz CT molecular complexity index is 248. The Balaban J connectivity index is 4.25. The van der Waals surface area contributed by atoms with E-state index in [0.29, 0.717) is 6.04 Å². The summed E-state index contributed by atoms with van der Waals surface area (Å²) in [5.74, 6) is 0. The van der Waals surface area contributed by atoms with Crippen LogP contribution < -0.4 is 0 Å². The molecule has 0 aromatic carbocycles. The fourth-order valence-electron chi connectivity index (χ4n) is 1.57. The van der Waals surface area contributed by atoms with Gasteiger partial charge in [0.25, 0.3) is 0 Å². The van der Waals surface area contributed by atoms with E-state index < -0.39 is 0 Å². The van der Waals surface area contributed by atoms with E-state index in [9.17, 15) is 0 Å². The summed E-state index contributed by atoms with van der Waals surface area (Å²) in [7, 11) is 2.03. The first-order valence-electron chi connectivity index (χ1n) is 5.87. The van der Waals surface area contributed by atoms with Crippen LogP contribution in [0.1, 0.15) is 46.5 Å². The molecular weight excluding hydrogens is 182 g/mol. The summed E-state index contributed by atoms with van der Waals surface area (Å²) < 4.78 is 2.03. The van der Waals surface area contributed by atoms with Crippen molar-refractivity contribution < 1.29 is 4.58 Å². The van der Waals surface area contributed by atoms with Crippen LogP contribution in [0.3, 0.4) is 0 Å². The molecular formula is C14H26N+. The van der Waals surface area contributed by atoms with E-state index in [1.807, 2.05) is 17.7 Å². The maximum Gasteiger partial charge on any atom is 0.149 e. The molecule has 0 aliphatic carbocycles. The average molecular weight is 208 g/mol. The average Bonchev–Trinajstić information content (AvgIpc) is 2.21. The Morgan fingerprint density at radius 2 is 2.00 bits per heavy atom. The molecule has 0 fully saturated rings. The van der Waals surface area contributed by atoms with Crippen LogP contribution in [0.4, 0.5) is 0 Å². The molecule has 0 aromatic heterocycles. The zero-order chi connectivity index (χ0) is 11.8. The summed E-state index contributed by atoms with van der Waals surface area (Å²) in [5, 5.41) is 0. The van der Waals surface area contributed by atoms with Crippen molar-refractivity contribution >= 4 is 6.72 Å². The molecule has 0 aliphatic rings. The number of rotatable bonds is 7. The van der Waals surface area contributed by atoms with Crippen LogP contribution in [-0.2, 0) is 0 Å². The molecule has 1 unspecified atom stereocenters. The van der Waals surface area contributed by atoms with Crippen molar-refractivity contribution in [2.75, 3.05) is 7.05 Å². The first-order valence-corrected chi connectivity index (χ1v) is 5.87. The molecule has 0 bridgehead atoms. The van der Waals surface area contributed by atoms with Gasteiger partial charge in [-0.1, -0.05) is 31.6 Å². The van der Waals surface area contributed by atoms with E-state index in [-0.39, 0.29) is 0 Å². The predicted molar refractivity (Wildman–Crippen MR) is 69.8 cm³/mol. The van der Waals surface area contributed by atoms with Crippen molar-refractivity contribution in [1.82, 2.24) is 0 Å². The zero-order valence-electron chi connectivity index (χ0n) is 10.8. The Morgan fingerprint density at radius 3 is 2.40 bits per heavy atom. The highest BCUT2D eigenvalue weighted by molar-refractivity contribution is 5.22. The third kappa shape index (κ3) is 5.56. The largest absolute Gasteiger partial charge is 0.243 e. The first kappa shape index (κ1) is 14.2. The summed E-state index contributed by atoms with van der Waals surface area (Å²) in [4.78, 5) is 0. The lowest BCUT2D eigenvalue weighted by Gasteiger charge is -2.10. The summed E-state index contributed by atoms with van der Waals surface area (Å²) in [6.45, 7) is 14.4. The summed E-state index contributed by atoms with van der Waals surface area (Å²) in [5.41, 5.74) is 2.91. The van der Waals surface area contributed by atoms with Crippen molar-refractivity contribution in [3.8, 4) is 0 Å². The molecule has 0 saturated carbocycles.